The third-order valence-corrected chi connectivity index (χ3v) is 3.10. The van der Waals surface area contributed by atoms with E-state index in [1.54, 1.807) is 10.9 Å². The minimum Gasteiger partial charge on any atom is -0.372 e. The standard InChI is InChI=1S/C13H12ClN5/c1-8-17-12(15-2)11-7-16-19(13(11)18-8)10-5-3-9(14)4-6-10/h3-7H,1-2H3,(H,15,17,18). The van der Waals surface area contributed by atoms with Crippen molar-refractivity contribution in [2.24, 2.45) is 0 Å². The Labute approximate surface area is 115 Å². The van der Waals surface area contributed by atoms with Gasteiger partial charge in [-0.1, -0.05) is 11.6 Å². The molecule has 0 aliphatic heterocycles. The first-order valence-electron chi connectivity index (χ1n) is 5.85. The van der Waals surface area contributed by atoms with Gasteiger partial charge in [-0.15, -0.1) is 0 Å². The van der Waals surface area contributed by atoms with Crippen molar-refractivity contribution in [2.75, 3.05) is 12.4 Å². The molecule has 3 rings (SSSR count). The molecule has 0 amide bonds. The maximum Gasteiger partial charge on any atom is 0.168 e. The molecule has 3 aromatic rings. The van der Waals surface area contributed by atoms with Crippen LogP contribution < -0.4 is 5.32 Å². The molecule has 2 aromatic heterocycles. The van der Waals surface area contributed by atoms with Crippen LogP contribution in [0.5, 0.6) is 0 Å². The first-order chi connectivity index (χ1) is 9.19. The normalized spacial score (nSPS) is 10.9. The van der Waals surface area contributed by atoms with E-state index in [2.05, 4.69) is 20.4 Å². The van der Waals surface area contributed by atoms with E-state index in [-0.39, 0.29) is 0 Å². The monoisotopic (exact) mass is 273 g/mol. The van der Waals surface area contributed by atoms with Gasteiger partial charge in [-0.2, -0.15) is 5.10 Å². The predicted octanol–water partition coefficient (Wildman–Crippen LogP) is 2.82. The van der Waals surface area contributed by atoms with Crippen molar-refractivity contribution in [3.05, 3.63) is 41.3 Å². The summed E-state index contributed by atoms with van der Waals surface area (Å²) in [6.45, 7) is 1.86. The summed E-state index contributed by atoms with van der Waals surface area (Å²) in [7, 11) is 1.83. The van der Waals surface area contributed by atoms with Gasteiger partial charge in [0.15, 0.2) is 5.65 Å². The Hall–Kier alpha value is -2.14. The highest BCUT2D eigenvalue weighted by Gasteiger charge is 2.11. The zero-order chi connectivity index (χ0) is 13.4. The lowest BCUT2D eigenvalue weighted by atomic mass is 10.3. The number of aromatic nitrogens is 4. The molecule has 0 saturated heterocycles. The number of rotatable bonds is 2. The molecule has 0 fully saturated rings. The molecule has 5 nitrogen and oxygen atoms in total. The number of nitrogens with zero attached hydrogens (tertiary/aromatic N) is 4. The third kappa shape index (κ3) is 2.02. The zero-order valence-electron chi connectivity index (χ0n) is 10.6. The fraction of sp³-hybridized carbons (Fsp3) is 0.154. The summed E-state index contributed by atoms with van der Waals surface area (Å²) in [6.07, 6.45) is 1.76. The molecular weight excluding hydrogens is 262 g/mol. The summed E-state index contributed by atoms with van der Waals surface area (Å²) in [4.78, 5) is 8.80. The first-order valence-corrected chi connectivity index (χ1v) is 6.23. The molecule has 0 aliphatic carbocycles. The molecule has 0 unspecified atom stereocenters. The predicted molar refractivity (Wildman–Crippen MR) is 76.0 cm³/mol. The Balaban J connectivity index is 2.25. The highest BCUT2D eigenvalue weighted by Crippen LogP contribution is 2.22. The van der Waals surface area contributed by atoms with E-state index >= 15 is 0 Å². The van der Waals surface area contributed by atoms with Gasteiger partial charge in [0, 0.05) is 12.1 Å². The van der Waals surface area contributed by atoms with Gasteiger partial charge < -0.3 is 5.32 Å². The lowest BCUT2D eigenvalue weighted by Crippen LogP contribution is -2.01. The SMILES string of the molecule is CNc1nc(C)nc2c1cnn2-c1ccc(Cl)cc1. The summed E-state index contributed by atoms with van der Waals surface area (Å²) in [5.41, 5.74) is 1.69. The fourth-order valence-corrected chi connectivity index (χ4v) is 2.10. The molecule has 0 radical (unpaired) electrons. The van der Waals surface area contributed by atoms with Gasteiger partial charge in [0.05, 0.1) is 17.3 Å². The van der Waals surface area contributed by atoms with Crippen LogP contribution in [0.2, 0.25) is 5.02 Å². The minimum atomic E-state index is 0.696. The number of aryl methyl sites for hydroxylation is 1. The highest BCUT2D eigenvalue weighted by atomic mass is 35.5. The van der Waals surface area contributed by atoms with Gasteiger partial charge >= 0.3 is 0 Å². The van der Waals surface area contributed by atoms with Crippen molar-refractivity contribution >= 4 is 28.5 Å². The van der Waals surface area contributed by atoms with Crippen molar-refractivity contribution in [1.82, 2.24) is 19.7 Å². The molecule has 6 heteroatoms. The maximum atomic E-state index is 5.90. The molecule has 2 heterocycles. The van der Waals surface area contributed by atoms with Crippen LogP contribution in [0.3, 0.4) is 0 Å². The number of halogens is 1. The highest BCUT2D eigenvalue weighted by molar-refractivity contribution is 6.30. The van der Waals surface area contributed by atoms with E-state index in [1.165, 1.54) is 0 Å². The number of anilines is 1. The number of hydrogen-bond donors (Lipinski definition) is 1. The minimum absolute atomic E-state index is 0.696. The maximum absolute atomic E-state index is 5.90. The van der Waals surface area contributed by atoms with E-state index in [9.17, 15) is 0 Å². The number of fused-ring (bicyclic) bond motifs is 1. The summed E-state index contributed by atoms with van der Waals surface area (Å²) in [5.74, 6) is 1.48. The third-order valence-electron chi connectivity index (χ3n) is 2.85. The Kier molecular flexibility index (Phi) is 2.83. The molecule has 0 bridgehead atoms. The summed E-state index contributed by atoms with van der Waals surface area (Å²) in [5, 5.41) is 9.02. The summed E-state index contributed by atoms with van der Waals surface area (Å²) >= 11 is 5.90. The van der Waals surface area contributed by atoms with E-state index in [0.29, 0.717) is 10.8 Å². The molecule has 1 N–H and O–H groups in total. The average molecular weight is 274 g/mol. The van der Waals surface area contributed by atoms with E-state index in [4.69, 9.17) is 11.6 Å². The van der Waals surface area contributed by atoms with Crippen LogP contribution in [-0.4, -0.2) is 26.8 Å². The molecular formula is C13H12ClN5. The summed E-state index contributed by atoms with van der Waals surface area (Å²) < 4.78 is 1.78. The molecule has 0 aliphatic rings. The Morgan fingerprint density at radius 1 is 1.16 bits per heavy atom. The van der Waals surface area contributed by atoms with Crippen LogP contribution in [0.15, 0.2) is 30.5 Å². The molecule has 0 spiro atoms. The van der Waals surface area contributed by atoms with Gasteiger partial charge in [0.25, 0.3) is 0 Å². The van der Waals surface area contributed by atoms with Crippen LogP contribution in [0, 0.1) is 6.92 Å². The van der Waals surface area contributed by atoms with Crippen molar-refractivity contribution in [2.45, 2.75) is 6.92 Å². The van der Waals surface area contributed by atoms with Crippen LogP contribution in [0.25, 0.3) is 16.7 Å². The number of hydrogen-bond acceptors (Lipinski definition) is 4. The van der Waals surface area contributed by atoms with Gasteiger partial charge in [-0.05, 0) is 31.2 Å². The first kappa shape index (κ1) is 11.9. The largest absolute Gasteiger partial charge is 0.372 e. The van der Waals surface area contributed by atoms with Gasteiger partial charge in [0.2, 0.25) is 0 Å². The molecule has 0 atom stereocenters. The topological polar surface area (TPSA) is 55.6 Å². The quantitative estimate of drug-likeness (QED) is 0.780. The van der Waals surface area contributed by atoms with Crippen LogP contribution in [-0.2, 0) is 0 Å². The molecule has 19 heavy (non-hydrogen) atoms. The van der Waals surface area contributed by atoms with Gasteiger partial charge in [0.1, 0.15) is 11.6 Å². The van der Waals surface area contributed by atoms with Crippen molar-refractivity contribution < 1.29 is 0 Å². The van der Waals surface area contributed by atoms with Crippen molar-refractivity contribution in [3.8, 4) is 5.69 Å². The Morgan fingerprint density at radius 3 is 2.58 bits per heavy atom. The Morgan fingerprint density at radius 2 is 1.89 bits per heavy atom. The van der Waals surface area contributed by atoms with Gasteiger partial charge in [-0.25, -0.2) is 14.6 Å². The molecule has 1 aromatic carbocycles. The average Bonchev–Trinajstić information content (AvgIpc) is 2.82. The van der Waals surface area contributed by atoms with E-state index < -0.39 is 0 Å². The van der Waals surface area contributed by atoms with Crippen molar-refractivity contribution in [3.63, 3.8) is 0 Å². The lowest BCUT2D eigenvalue weighted by molar-refractivity contribution is 0.890. The second-order valence-corrected chi connectivity index (χ2v) is 4.58. The second-order valence-electron chi connectivity index (χ2n) is 4.14. The van der Waals surface area contributed by atoms with E-state index in [1.807, 2.05) is 38.2 Å². The van der Waals surface area contributed by atoms with E-state index in [0.717, 1.165) is 22.5 Å². The lowest BCUT2D eigenvalue weighted by Gasteiger charge is -2.05. The van der Waals surface area contributed by atoms with Crippen molar-refractivity contribution in [1.29, 1.82) is 0 Å². The van der Waals surface area contributed by atoms with Crippen LogP contribution in [0.4, 0.5) is 5.82 Å². The zero-order valence-corrected chi connectivity index (χ0v) is 11.3. The van der Waals surface area contributed by atoms with Gasteiger partial charge in [-0.3, -0.25) is 0 Å². The summed E-state index contributed by atoms with van der Waals surface area (Å²) in [6, 6.07) is 7.48. The smallest absolute Gasteiger partial charge is 0.168 e. The molecule has 0 saturated carbocycles. The molecule has 96 valence electrons. The number of benzene rings is 1. The second kappa shape index (κ2) is 4.51. The number of nitrogens with one attached hydrogen (secondary N) is 1. The Bertz CT molecular complexity index is 733. The van der Waals surface area contributed by atoms with Crippen LogP contribution >= 0.6 is 11.6 Å². The van der Waals surface area contributed by atoms with Crippen LogP contribution in [0.1, 0.15) is 5.82 Å². The fourth-order valence-electron chi connectivity index (χ4n) is 1.98.